The second-order valence-electron chi connectivity index (χ2n) is 4.40. The molecule has 1 aromatic carbocycles. The Morgan fingerprint density at radius 3 is 2.56 bits per heavy atom. The first-order valence-electron chi connectivity index (χ1n) is 6.54. The van der Waals surface area contributed by atoms with E-state index in [4.69, 9.17) is 4.74 Å². The third kappa shape index (κ3) is 3.39. The average Bonchev–Trinajstić information content (AvgIpc) is 2.92. The lowest BCUT2D eigenvalue weighted by molar-refractivity contribution is -0.128. The summed E-state index contributed by atoms with van der Waals surface area (Å²) >= 11 is 0. The van der Waals surface area contributed by atoms with E-state index in [2.05, 4.69) is 5.32 Å². The molecule has 1 aromatic rings. The van der Waals surface area contributed by atoms with Crippen molar-refractivity contribution in [3.05, 3.63) is 24.3 Å². The smallest absolute Gasteiger partial charge is 0.241 e. The molecule has 0 saturated carbocycles. The van der Waals surface area contributed by atoms with E-state index in [-0.39, 0.29) is 5.91 Å². The summed E-state index contributed by atoms with van der Waals surface area (Å²) in [5.74, 6) is 1.04. The number of benzene rings is 1. The van der Waals surface area contributed by atoms with Crippen LogP contribution in [0.15, 0.2) is 24.3 Å². The van der Waals surface area contributed by atoms with Crippen LogP contribution in [-0.2, 0) is 4.79 Å². The Labute approximate surface area is 108 Å². The van der Waals surface area contributed by atoms with Gasteiger partial charge in [-0.2, -0.15) is 0 Å². The van der Waals surface area contributed by atoms with E-state index in [9.17, 15) is 4.79 Å². The number of carbonyl (C=O) groups excluding carboxylic acids is 1. The fourth-order valence-electron chi connectivity index (χ4n) is 2.09. The zero-order valence-electron chi connectivity index (χ0n) is 10.8. The van der Waals surface area contributed by atoms with Gasteiger partial charge in [-0.25, -0.2) is 0 Å². The molecule has 18 heavy (non-hydrogen) atoms. The zero-order valence-corrected chi connectivity index (χ0v) is 10.8. The lowest BCUT2D eigenvalue weighted by atomic mass is 10.3. The first kappa shape index (κ1) is 12.7. The quantitative estimate of drug-likeness (QED) is 0.867. The number of hydrogen-bond acceptors (Lipinski definition) is 3. The van der Waals surface area contributed by atoms with Crippen molar-refractivity contribution in [3.63, 3.8) is 0 Å². The number of ether oxygens (including phenoxy) is 1. The first-order valence-corrected chi connectivity index (χ1v) is 6.54. The molecule has 2 rings (SSSR count). The summed E-state index contributed by atoms with van der Waals surface area (Å²) in [7, 11) is 0. The van der Waals surface area contributed by atoms with Crippen LogP contribution in [0.1, 0.15) is 19.8 Å². The molecule has 1 saturated heterocycles. The van der Waals surface area contributed by atoms with Crippen LogP contribution in [0, 0.1) is 0 Å². The van der Waals surface area contributed by atoms with Crippen molar-refractivity contribution < 1.29 is 9.53 Å². The number of anilines is 1. The number of hydrogen-bond donors (Lipinski definition) is 1. The highest BCUT2D eigenvalue weighted by Crippen LogP contribution is 2.15. The van der Waals surface area contributed by atoms with Crippen LogP contribution in [0.4, 0.5) is 5.69 Å². The molecule has 1 heterocycles. The molecule has 0 aliphatic carbocycles. The highest BCUT2D eigenvalue weighted by atomic mass is 16.5. The molecule has 4 nitrogen and oxygen atoms in total. The number of likely N-dealkylation sites (tertiary alicyclic amines) is 1. The Kier molecular flexibility index (Phi) is 4.45. The van der Waals surface area contributed by atoms with Crippen molar-refractivity contribution in [2.45, 2.75) is 19.8 Å². The molecule has 0 aromatic heterocycles. The maximum absolute atomic E-state index is 11.8. The molecule has 98 valence electrons. The largest absolute Gasteiger partial charge is 0.494 e. The molecule has 1 aliphatic heterocycles. The minimum atomic E-state index is 0.182. The number of nitrogens with zero attached hydrogens (tertiary/aromatic N) is 1. The molecule has 1 aliphatic rings. The molecule has 0 bridgehead atoms. The van der Waals surface area contributed by atoms with Crippen molar-refractivity contribution >= 4 is 11.6 Å². The Balaban J connectivity index is 1.80. The van der Waals surface area contributed by atoms with Gasteiger partial charge < -0.3 is 15.0 Å². The molecular weight excluding hydrogens is 228 g/mol. The Bertz CT molecular complexity index is 383. The topological polar surface area (TPSA) is 41.6 Å². The van der Waals surface area contributed by atoms with Crippen LogP contribution >= 0.6 is 0 Å². The van der Waals surface area contributed by atoms with Crippen molar-refractivity contribution in [1.29, 1.82) is 0 Å². The predicted molar refractivity (Wildman–Crippen MR) is 71.9 cm³/mol. The Morgan fingerprint density at radius 1 is 1.28 bits per heavy atom. The van der Waals surface area contributed by atoms with E-state index in [1.807, 2.05) is 36.1 Å². The van der Waals surface area contributed by atoms with Gasteiger partial charge in [0.05, 0.1) is 13.2 Å². The predicted octanol–water partition coefficient (Wildman–Crippen LogP) is 2.12. The minimum absolute atomic E-state index is 0.182. The van der Waals surface area contributed by atoms with Gasteiger partial charge in [-0.1, -0.05) is 0 Å². The molecular formula is C14H20N2O2. The third-order valence-electron chi connectivity index (χ3n) is 3.07. The molecule has 4 heteroatoms. The van der Waals surface area contributed by atoms with E-state index in [0.29, 0.717) is 13.2 Å². The zero-order chi connectivity index (χ0) is 12.8. The minimum Gasteiger partial charge on any atom is -0.494 e. The number of nitrogens with one attached hydrogen (secondary N) is 1. The van der Waals surface area contributed by atoms with E-state index in [1.165, 1.54) is 0 Å². The fourth-order valence-corrected chi connectivity index (χ4v) is 2.09. The van der Waals surface area contributed by atoms with Crippen LogP contribution < -0.4 is 10.1 Å². The summed E-state index contributed by atoms with van der Waals surface area (Å²) in [4.78, 5) is 13.7. The van der Waals surface area contributed by atoms with Gasteiger partial charge in [0.2, 0.25) is 5.91 Å². The molecule has 0 spiro atoms. The molecule has 0 unspecified atom stereocenters. The fraction of sp³-hybridized carbons (Fsp3) is 0.500. The lowest BCUT2D eigenvalue weighted by Crippen LogP contribution is -2.32. The standard InChI is InChI=1S/C14H20N2O2/c1-2-18-13-7-5-12(6-8-13)15-11-14(17)16-9-3-4-10-16/h5-8,15H,2-4,9-11H2,1H3. The van der Waals surface area contributed by atoms with Gasteiger partial charge in [0.25, 0.3) is 0 Å². The maximum atomic E-state index is 11.8. The highest BCUT2D eigenvalue weighted by molar-refractivity contribution is 5.81. The van der Waals surface area contributed by atoms with Crippen LogP contribution in [0.25, 0.3) is 0 Å². The Hall–Kier alpha value is -1.71. The SMILES string of the molecule is CCOc1ccc(NCC(=O)N2CCCC2)cc1. The van der Waals surface area contributed by atoms with Gasteiger partial charge >= 0.3 is 0 Å². The van der Waals surface area contributed by atoms with Crippen molar-refractivity contribution in [3.8, 4) is 5.75 Å². The van der Waals surface area contributed by atoms with E-state index >= 15 is 0 Å². The van der Waals surface area contributed by atoms with Crippen molar-refractivity contribution in [1.82, 2.24) is 4.90 Å². The van der Waals surface area contributed by atoms with Gasteiger partial charge in [-0.05, 0) is 44.0 Å². The second-order valence-corrected chi connectivity index (χ2v) is 4.40. The summed E-state index contributed by atoms with van der Waals surface area (Å²) in [6.07, 6.45) is 2.27. The van der Waals surface area contributed by atoms with Crippen LogP contribution in [0.3, 0.4) is 0 Å². The van der Waals surface area contributed by atoms with Gasteiger partial charge in [0.15, 0.2) is 0 Å². The van der Waals surface area contributed by atoms with Crippen LogP contribution in [-0.4, -0.2) is 37.0 Å². The van der Waals surface area contributed by atoms with Crippen molar-refractivity contribution in [2.75, 3.05) is 31.6 Å². The summed E-state index contributed by atoms with van der Waals surface area (Å²) in [6, 6.07) is 7.68. The molecule has 0 radical (unpaired) electrons. The van der Waals surface area contributed by atoms with E-state index < -0.39 is 0 Å². The summed E-state index contributed by atoms with van der Waals surface area (Å²) in [5.41, 5.74) is 0.950. The van der Waals surface area contributed by atoms with Gasteiger partial charge in [-0.15, -0.1) is 0 Å². The summed E-state index contributed by atoms with van der Waals surface area (Å²) in [5, 5.41) is 3.14. The number of amides is 1. The van der Waals surface area contributed by atoms with Gasteiger partial charge in [0.1, 0.15) is 5.75 Å². The summed E-state index contributed by atoms with van der Waals surface area (Å²) < 4.78 is 5.36. The molecule has 1 fully saturated rings. The number of carbonyl (C=O) groups is 1. The normalized spacial score (nSPS) is 14.6. The van der Waals surface area contributed by atoms with Gasteiger partial charge in [0, 0.05) is 18.8 Å². The molecule has 1 amide bonds. The monoisotopic (exact) mass is 248 g/mol. The maximum Gasteiger partial charge on any atom is 0.241 e. The second kappa shape index (κ2) is 6.28. The highest BCUT2D eigenvalue weighted by Gasteiger charge is 2.16. The third-order valence-corrected chi connectivity index (χ3v) is 3.07. The van der Waals surface area contributed by atoms with Crippen LogP contribution in [0.5, 0.6) is 5.75 Å². The lowest BCUT2D eigenvalue weighted by Gasteiger charge is -2.16. The average molecular weight is 248 g/mol. The molecule has 1 N–H and O–H groups in total. The first-order chi connectivity index (χ1) is 8.79. The van der Waals surface area contributed by atoms with Crippen LogP contribution in [0.2, 0.25) is 0 Å². The molecule has 0 atom stereocenters. The van der Waals surface area contributed by atoms with E-state index in [1.54, 1.807) is 0 Å². The number of rotatable bonds is 5. The Morgan fingerprint density at radius 2 is 1.94 bits per heavy atom. The van der Waals surface area contributed by atoms with Crippen molar-refractivity contribution in [2.24, 2.45) is 0 Å². The van der Waals surface area contributed by atoms with Gasteiger partial charge in [-0.3, -0.25) is 4.79 Å². The van der Waals surface area contributed by atoms with E-state index in [0.717, 1.165) is 37.4 Å². The summed E-state index contributed by atoms with van der Waals surface area (Å²) in [6.45, 7) is 4.81.